The van der Waals surface area contributed by atoms with Crippen molar-refractivity contribution < 1.29 is 9.66 Å². The molecule has 7 nitrogen and oxygen atoms in total. The Kier molecular flexibility index (Phi) is 3.33. The SMILES string of the molecule is COc1cc([N+](=O)[O-])ccc1Nc1ncccn1. The van der Waals surface area contributed by atoms with Crippen molar-refractivity contribution in [3.8, 4) is 5.75 Å². The summed E-state index contributed by atoms with van der Waals surface area (Å²) in [7, 11) is 1.44. The Labute approximate surface area is 103 Å². The fourth-order valence-electron chi connectivity index (χ4n) is 1.38. The Bertz CT molecular complexity index is 559. The largest absolute Gasteiger partial charge is 0.494 e. The lowest BCUT2D eigenvalue weighted by Gasteiger charge is -2.09. The highest BCUT2D eigenvalue weighted by Gasteiger charge is 2.11. The molecule has 0 aliphatic carbocycles. The fourth-order valence-corrected chi connectivity index (χ4v) is 1.38. The van der Waals surface area contributed by atoms with E-state index in [4.69, 9.17) is 4.74 Å². The highest BCUT2D eigenvalue weighted by atomic mass is 16.6. The van der Waals surface area contributed by atoms with Crippen LogP contribution in [0.15, 0.2) is 36.7 Å². The minimum atomic E-state index is -0.481. The summed E-state index contributed by atoms with van der Waals surface area (Å²) < 4.78 is 5.09. The average molecular weight is 246 g/mol. The van der Waals surface area contributed by atoms with E-state index in [1.807, 2.05) is 0 Å². The van der Waals surface area contributed by atoms with Crippen molar-refractivity contribution in [2.75, 3.05) is 12.4 Å². The van der Waals surface area contributed by atoms with Gasteiger partial charge < -0.3 is 10.1 Å². The normalized spacial score (nSPS) is 9.83. The third kappa shape index (κ3) is 2.51. The van der Waals surface area contributed by atoms with E-state index in [0.717, 1.165) is 0 Å². The molecule has 1 heterocycles. The van der Waals surface area contributed by atoms with E-state index in [-0.39, 0.29) is 5.69 Å². The molecule has 0 bridgehead atoms. The lowest BCUT2D eigenvalue weighted by atomic mass is 10.2. The highest BCUT2D eigenvalue weighted by Crippen LogP contribution is 2.30. The van der Waals surface area contributed by atoms with Crippen LogP contribution in [0.5, 0.6) is 5.75 Å². The number of benzene rings is 1. The number of methoxy groups -OCH3 is 1. The zero-order valence-electron chi connectivity index (χ0n) is 9.53. The summed E-state index contributed by atoms with van der Waals surface area (Å²) in [5.74, 6) is 0.751. The lowest BCUT2D eigenvalue weighted by Crippen LogP contribution is -1.99. The predicted octanol–water partition coefficient (Wildman–Crippen LogP) is 2.14. The van der Waals surface area contributed by atoms with Gasteiger partial charge in [0.05, 0.1) is 23.8 Å². The standard InChI is InChI=1S/C11H10N4O3/c1-18-10-7-8(15(16)17)3-4-9(10)14-11-12-5-2-6-13-11/h2-7H,1H3,(H,12,13,14). The number of hydrogen-bond donors (Lipinski definition) is 1. The van der Waals surface area contributed by atoms with Crippen LogP contribution in [0, 0.1) is 10.1 Å². The zero-order chi connectivity index (χ0) is 13.0. The van der Waals surface area contributed by atoms with Gasteiger partial charge in [-0.1, -0.05) is 0 Å². The molecule has 0 aliphatic heterocycles. The van der Waals surface area contributed by atoms with Crippen LogP contribution >= 0.6 is 0 Å². The third-order valence-electron chi connectivity index (χ3n) is 2.21. The summed E-state index contributed by atoms with van der Waals surface area (Å²) >= 11 is 0. The summed E-state index contributed by atoms with van der Waals surface area (Å²) in [6, 6.07) is 5.96. The zero-order valence-corrected chi connectivity index (χ0v) is 9.53. The van der Waals surface area contributed by atoms with Crippen LogP contribution < -0.4 is 10.1 Å². The van der Waals surface area contributed by atoms with Crippen LogP contribution in [0.25, 0.3) is 0 Å². The van der Waals surface area contributed by atoms with E-state index in [1.54, 1.807) is 24.5 Å². The average Bonchev–Trinajstić information content (AvgIpc) is 2.40. The first kappa shape index (κ1) is 11.8. The van der Waals surface area contributed by atoms with Crippen molar-refractivity contribution in [2.24, 2.45) is 0 Å². The van der Waals surface area contributed by atoms with E-state index >= 15 is 0 Å². The van der Waals surface area contributed by atoms with Gasteiger partial charge in [0.25, 0.3) is 5.69 Å². The molecule has 0 amide bonds. The molecule has 0 fully saturated rings. The molecule has 0 saturated carbocycles. The molecule has 0 atom stereocenters. The van der Waals surface area contributed by atoms with Crippen LogP contribution in [-0.2, 0) is 0 Å². The van der Waals surface area contributed by atoms with Crippen molar-refractivity contribution in [1.82, 2.24) is 9.97 Å². The van der Waals surface area contributed by atoms with E-state index in [9.17, 15) is 10.1 Å². The van der Waals surface area contributed by atoms with Crippen molar-refractivity contribution in [2.45, 2.75) is 0 Å². The smallest absolute Gasteiger partial charge is 0.273 e. The molecule has 18 heavy (non-hydrogen) atoms. The Morgan fingerprint density at radius 1 is 1.33 bits per heavy atom. The van der Waals surface area contributed by atoms with E-state index in [0.29, 0.717) is 17.4 Å². The Morgan fingerprint density at radius 2 is 2.06 bits per heavy atom. The quantitative estimate of drug-likeness (QED) is 0.656. The van der Waals surface area contributed by atoms with Gasteiger partial charge in [0.1, 0.15) is 5.75 Å². The minimum absolute atomic E-state index is 0.0358. The van der Waals surface area contributed by atoms with E-state index in [2.05, 4.69) is 15.3 Å². The lowest BCUT2D eigenvalue weighted by molar-refractivity contribution is -0.384. The molecular weight excluding hydrogens is 236 g/mol. The third-order valence-corrected chi connectivity index (χ3v) is 2.21. The molecular formula is C11H10N4O3. The van der Waals surface area contributed by atoms with E-state index in [1.165, 1.54) is 19.2 Å². The van der Waals surface area contributed by atoms with Crippen molar-refractivity contribution in [3.05, 3.63) is 46.8 Å². The van der Waals surface area contributed by atoms with Gasteiger partial charge in [0, 0.05) is 18.5 Å². The van der Waals surface area contributed by atoms with Gasteiger partial charge in [-0.3, -0.25) is 10.1 Å². The van der Waals surface area contributed by atoms with Crippen LogP contribution in [0.1, 0.15) is 0 Å². The second-order valence-electron chi connectivity index (χ2n) is 3.34. The topological polar surface area (TPSA) is 90.2 Å². The molecule has 1 N–H and O–H groups in total. The van der Waals surface area contributed by atoms with Gasteiger partial charge in [-0.25, -0.2) is 9.97 Å². The van der Waals surface area contributed by atoms with Crippen molar-refractivity contribution in [3.63, 3.8) is 0 Å². The number of nitrogens with zero attached hydrogens (tertiary/aromatic N) is 3. The molecule has 1 aromatic carbocycles. The first-order valence-corrected chi connectivity index (χ1v) is 5.07. The maximum Gasteiger partial charge on any atom is 0.273 e. The highest BCUT2D eigenvalue weighted by molar-refractivity contribution is 5.65. The van der Waals surface area contributed by atoms with Gasteiger partial charge in [-0.2, -0.15) is 0 Å². The molecule has 0 spiro atoms. The number of nitrogens with one attached hydrogen (secondary N) is 1. The maximum atomic E-state index is 10.6. The molecule has 1 aromatic heterocycles. The molecule has 0 unspecified atom stereocenters. The Hall–Kier alpha value is -2.70. The molecule has 7 heteroatoms. The van der Waals surface area contributed by atoms with Gasteiger partial charge in [-0.15, -0.1) is 0 Å². The molecule has 0 radical (unpaired) electrons. The maximum absolute atomic E-state index is 10.6. The van der Waals surface area contributed by atoms with Gasteiger partial charge in [0.15, 0.2) is 0 Å². The molecule has 2 rings (SSSR count). The summed E-state index contributed by atoms with van der Waals surface area (Å²) in [6.45, 7) is 0. The van der Waals surface area contributed by atoms with Crippen molar-refractivity contribution in [1.29, 1.82) is 0 Å². The first-order chi connectivity index (χ1) is 8.70. The van der Waals surface area contributed by atoms with Crippen LogP contribution in [0.3, 0.4) is 0 Å². The number of nitro benzene ring substituents is 1. The van der Waals surface area contributed by atoms with Crippen LogP contribution in [0.2, 0.25) is 0 Å². The predicted molar refractivity (Wildman–Crippen MR) is 65.0 cm³/mol. The van der Waals surface area contributed by atoms with Gasteiger partial charge >= 0.3 is 0 Å². The Balaban J connectivity index is 2.31. The molecule has 0 aliphatic rings. The molecule has 0 saturated heterocycles. The van der Waals surface area contributed by atoms with Gasteiger partial charge in [-0.05, 0) is 12.1 Å². The number of hydrogen-bond acceptors (Lipinski definition) is 6. The summed E-state index contributed by atoms with van der Waals surface area (Å²) in [5, 5.41) is 13.6. The monoisotopic (exact) mass is 246 g/mol. The molecule has 2 aromatic rings. The second kappa shape index (κ2) is 5.09. The minimum Gasteiger partial charge on any atom is -0.494 e. The van der Waals surface area contributed by atoms with Crippen LogP contribution in [0.4, 0.5) is 17.3 Å². The number of anilines is 2. The number of nitro groups is 1. The first-order valence-electron chi connectivity index (χ1n) is 5.07. The Morgan fingerprint density at radius 3 is 2.67 bits per heavy atom. The van der Waals surface area contributed by atoms with Crippen LogP contribution in [-0.4, -0.2) is 22.0 Å². The van der Waals surface area contributed by atoms with Crippen molar-refractivity contribution >= 4 is 17.3 Å². The number of aromatic nitrogens is 2. The van der Waals surface area contributed by atoms with E-state index < -0.39 is 4.92 Å². The number of rotatable bonds is 4. The second-order valence-corrected chi connectivity index (χ2v) is 3.34. The number of non-ortho nitro benzene ring substituents is 1. The van der Waals surface area contributed by atoms with Gasteiger partial charge in [0.2, 0.25) is 5.95 Å². The summed E-state index contributed by atoms with van der Waals surface area (Å²) in [6.07, 6.45) is 3.18. The summed E-state index contributed by atoms with van der Waals surface area (Å²) in [4.78, 5) is 18.2. The fraction of sp³-hybridized carbons (Fsp3) is 0.0909. The number of ether oxygens (including phenoxy) is 1. The molecule has 92 valence electrons. The summed E-state index contributed by atoms with van der Waals surface area (Å²) in [5.41, 5.74) is 0.528.